The van der Waals surface area contributed by atoms with Gasteiger partial charge < -0.3 is 4.74 Å². The van der Waals surface area contributed by atoms with Crippen LogP contribution in [0.4, 0.5) is 5.69 Å². The van der Waals surface area contributed by atoms with Crippen LogP contribution in [0.2, 0.25) is 0 Å². The zero-order valence-corrected chi connectivity index (χ0v) is 13.7. The fourth-order valence-corrected chi connectivity index (χ4v) is 2.71. The molecule has 0 fully saturated rings. The highest BCUT2D eigenvalue weighted by Crippen LogP contribution is 2.35. The Bertz CT molecular complexity index is 862. The summed E-state index contributed by atoms with van der Waals surface area (Å²) in [5.41, 5.74) is 1.43. The molecule has 1 N–H and O–H groups in total. The summed E-state index contributed by atoms with van der Waals surface area (Å²) in [6.45, 7) is 3.75. The van der Waals surface area contributed by atoms with Crippen LogP contribution in [-0.2, 0) is 10.0 Å². The lowest BCUT2D eigenvalue weighted by atomic mass is 10.1. The highest BCUT2D eigenvalue weighted by molar-refractivity contribution is 7.89. The molecular weight excluding hydrogens is 320 g/mol. The number of rotatable bonds is 5. The molecule has 0 radical (unpaired) electrons. The van der Waals surface area contributed by atoms with Crippen LogP contribution in [0.5, 0.6) is 11.5 Å². The minimum absolute atomic E-state index is 0.0150. The quantitative estimate of drug-likeness (QED) is 0.668. The van der Waals surface area contributed by atoms with E-state index in [-0.39, 0.29) is 10.6 Å². The van der Waals surface area contributed by atoms with Crippen molar-refractivity contribution in [3.05, 3.63) is 57.6 Å². The zero-order valence-electron chi connectivity index (χ0n) is 12.9. The fourth-order valence-electron chi connectivity index (χ4n) is 1.96. The van der Waals surface area contributed by atoms with Gasteiger partial charge in [-0.1, -0.05) is 12.1 Å². The van der Waals surface area contributed by atoms with Gasteiger partial charge in [-0.15, -0.1) is 0 Å². The van der Waals surface area contributed by atoms with Gasteiger partial charge in [-0.05, 0) is 50.2 Å². The topological polar surface area (TPSA) is 98.5 Å². The summed E-state index contributed by atoms with van der Waals surface area (Å²) >= 11 is 0. The van der Waals surface area contributed by atoms with E-state index in [1.165, 1.54) is 19.2 Å². The first kappa shape index (κ1) is 16.9. The molecule has 0 saturated carbocycles. The van der Waals surface area contributed by atoms with E-state index in [1.807, 2.05) is 19.9 Å². The van der Waals surface area contributed by atoms with Crippen molar-refractivity contribution in [1.82, 2.24) is 4.72 Å². The lowest BCUT2D eigenvalue weighted by Gasteiger charge is -2.11. The van der Waals surface area contributed by atoms with Crippen LogP contribution >= 0.6 is 0 Å². The lowest BCUT2D eigenvalue weighted by molar-refractivity contribution is -0.385. The summed E-state index contributed by atoms with van der Waals surface area (Å²) < 4.78 is 31.3. The predicted octanol–water partition coefficient (Wildman–Crippen LogP) is 2.91. The van der Waals surface area contributed by atoms with Gasteiger partial charge in [0.1, 0.15) is 5.75 Å². The molecule has 2 aromatic carbocycles. The summed E-state index contributed by atoms with van der Waals surface area (Å²) in [4.78, 5) is 10.4. The van der Waals surface area contributed by atoms with E-state index in [2.05, 4.69) is 4.72 Å². The van der Waals surface area contributed by atoms with Gasteiger partial charge in [-0.25, -0.2) is 13.1 Å². The Hall–Kier alpha value is -2.45. The summed E-state index contributed by atoms with van der Waals surface area (Å²) in [6, 6.07) is 8.91. The molecule has 0 amide bonds. The lowest BCUT2D eigenvalue weighted by Crippen LogP contribution is -2.18. The number of nitrogens with one attached hydrogen (secondary N) is 1. The molecular formula is C15H16N2O5S. The summed E-state index contributed by atoms with van der Waals surface area (Å²) in [6.07, 6.45) is 0. The fraction of sp³-hybridized carbons (Fsp3) is 0.200. The van der Waals surface area contributed by atoms with Crippen LogP contribution in [0.25, 0.3) is 0 Å². The molecule has 8 heteroatoms. The number of nitrogens with zero attached hydrogens (tertiary/aromatic N) is 1. The second-order valence-electron chi connectivity index (χ2n) is 4.89. The molecule has 0 aliphatic rings. The van der Waals surface area contributed by atoms with Crippen molar-refractivity contribution in [3.63, 3.8) is 0 Å². The molecule has 0 atom stereocenters. The molecule has 0 aromatic heterocycles. The molecule has 0 unspecified atom stereocenters. The van der Waals surface area contributed by atoms with Gasteiger partial charge in [0.05, 0.1) is 9.82 Å². The zero-order chi connectivity index (χ0) is 17.2. The molecule has 0 aliphatic carbocycles. The summed E-state index contributed by atoms with van der Waals surface area (Å²) in [7, 11) is -2.53. The van der Waals surface area contributed by atoms with Crippen molar-refractivity contribution in [1.29, 1.82) is 0 Å². The van der Waals surface area contributed by atoms with Gasteiger partial charge in [0, 0.05) is 6.07 Å². The van der Waals surface area contributed by atoms with Crippen molar-refractivity contribution in [2.75, 3.05) is 7.05 Å². The van der Waals surface area contributed by atoms with Crippen LogP contribution < -0.4 is 9.46 Å². The maximum Gasteiger partial charge on any atom is 0.312 e. The van der Waals surface area contributed by atoms with Crippen LogP contribution in [-0.4, -0.2) is 20.4 Å². The van der Waals surface area contributed by atoms with Crippen molar-refractivity contribution in [2.45, 2.75) is 18.7 Å². The Labute approximate surface area is 134 Å². The molecule has 2 aromatic rings. The van der Waals surface area contributed by atoms with E-state index < -0.39 is 20.6 Å². The smallest absolute Gasteiger partial charge is 0.312 e. The molecule has 0 aliphatic heterocycles. The number of nitro benzene ring substituents is 1. The molecule has 0 saturated heterocycles. The van der Waals surface area contributed by atoms with E-state index in [0.717, 1.165) is 17.2 Å². The summed E-state index contributed by atoms with van der Waals surface area (Å²) in [5, 5.41) is 11.2. The van der Waals surface area contributed by atoms with Gasteiger partial charge in [-0.3, -0.25) is 10.1 Å². The summed E-state index contributed by atoms with van der Waals surface area (Å²) in [5.74, 6) is 0.469. The minimum Gasteiger partial charge on any atom is -0.450 e. The van der Waals surface area contributed by atoms with Crippen LogP contribution in [0.1, 0.15) is 11.1 Å². The van der Waals surface area contributed by atoms with Gasteiger partial charge >= 0.3 is 5.69 Å². The molecule has 23 heavy (non-hydrogen) atoms. The molecule has 2 rings (SSSR count). The van der Waals surface area contributed by atoms with E-state index in [9.17, 15) is 18.5 Å². The number of nitro groups is 1. The highest BCUT2D eigenvalue weighted by Gasteiger charge is 2.22. The standard InChI is InChI=1S/C15H16N2O5S/c1-10-5-4-6-14(11(10)2)22-15-8-7-12(23(20,21)16-3)9-13(15)17(18)19/h4-9,16H,1-3H3. The van der Waals surface area contributed by atoms with E-state index in [0.29, 0.717) is 5.75 Å². The number of ether oxygens (including phenoxy) is 1. The highest BCUT2D eigenvalue weighted by atomic mass is 32.2. The Balaban J connectivity index is 2.51. The average Bonchev–Trinajstić information content (AvgIpc) is 2.51. The number of hydrogen-bond acceptors (Lipinski definition) is 5. The first-order valence-electron chi connectivity index (χ1n) is 6.72. The number of benzene rings is 2. The second kappa shape index (κ2) is 6.35. The second-order valence-corrected chi connectivity index (χ2v) is 6.78. The van der Waals surface area contributed by atoms with Crippen LogP contribution in [0, 0.1) is 24.0 Å². The van der Waals surface area contributed by atoms with Crippen LogP contribution in [0.3, 0.4) is 0 Å². The van der Waals surface area contributed by atoms with Crippen molar-refractivity contribution < 1.29 is 18.1 Å². The van der Waals surface area contributed by atoms with Crippen molar-refractivity contribution in [3.8, 4) is 11.5 Å². The molecule has 122 valence electrons. The van der Waals surface area contributed by atoms with Crippen molar-refractivity contribution in [2.24, 2.45) is 0 Å². The Morgan fingerprint density at radius 2 is 1.83 bits per heavy atom. The van der Waals surface area contributed by atoms with Crippen LogP contribution in [0.15, 0.2) is 41.3 Å². The Morgan fingerprint density at radius 3 is 2.43 bits per heavy atom. The largest absolute Gasteiger partial charge is 0.450 e. The monoisotopic (exact) mass is 336 g/mol. The Kier molecular flexibility index (Phi) is 4.67. The minimum atomic E-state index is -3.77. The molecule has 0 heterocycles. The van der Waals surface area contributed by atoms with Crippen molar-refractivity contribution >= 4 is 15.7 Å². The van der Waals surface area contributed by atoms with Gasteiger partial charge in [0.15, 0.2) is 0 Å². The first-order valence-corrected chi connectivity index (χ1v) is 8.20. The average molecular weight is 336 g/mol. The Morgan fingerprint density at radius 1 is 1.13 bits per heavy atom. The van der Waals surface area contributed by atoms with E-state index in [1.54, 1.807) is 12.1 Å². The third kappa shape index (κ3) is 3.49. The van der Waals surface area contributed by atoms with E-state index >= 15 is 0 Å². The molecule has 0 bridgehead atoms. The van der Waals surface area contributed by atoms with Gasteiger partial charge in [-0.2, -0.15) is 0 Å². The molecule has 7 nitrogen and oxygen atoms in total. The van der Waals surface area contributed by atoms with Gasteiger partial charge in [0.2, 0.25) is 15.8 Å². The SMILES string of the molecule is CNS(=O)(=O)c1ccc(Oc2cccc(C)c2C)c([N+](=O)[O-])c1. The number of aryl methyl sites for hydroxylation is 1. The van der Waals surface area contributed by atoms with Gasteiger partial charge in [0.25, 0.3) is 0 Å². The first-order chi connectivity index (χ1) is 10.8. The number of sulfonamides is 1. The van der Waals surface area contributed by atoms with E-state index in [4.69, 9.17) is 4.74 Å². The predicted molar refractivity (Wildman–Crippen MR) is 85.3 cm³/mol. The third-order valence-corrected chi connectivity index (χ3v) is 4.89. The maximum absolute atomic E-state index is 11.8. The maximum atomic E-state index is 11.8. The molecule has 0 spiro atoms. The third-order valence-electron chi connectivity index (χ3n) is 3.48. The normalized spacial score (nSPS) is 11.3. The number of hydrogen-bond donors (Lipinski definition) is 1.